The third-order valence-corrected chi connectivity index (χ3v) is 8.72. The van der Waals surface area contributed by atoms with Gasteiger partial charge in [0.15, 0.2) is 0 Å². The number of nitrogens with zero attached hydrogens (tertiary/aromatic N) is 1. The second-order valence-electron chi connectivity index (χ2n) is 11.3. The van der Waals surface area contributed by atoms with Gasteiger partial charge in [-0.1, -0.05) is 34.1 Å². The number of Topliss-reactive ketones (excluding diaryl/α,β-unsaturated/α-hetero) is 1. The van der Waals surface area contributed by atoms with Gasteiger partial charge in [0.1, 0.15) is 11.9 Å². The molecule has 2 saturated heterocycles. The second-order valence-corrected chi connectivity index (χ2v) is 12.3. The van der Waals surface area contributed by atoms with Crippen LogP contribution >= 0.6 is 11.3 Å². The Bertz CT molecular complexity index is 955. The molecule has 0 aliphatic carbocycles. The van der Waals surface area contributed by atoms with Gasteiger partial charge in [-0.3, -0.25) is 9.59 Å². The maximum atomic E-state index is 13.2. The molecule has 7 atom stereocenters. The summed E-state index contributed by atoms with van der Waals surface area (Å²) in [7, 11) is 0. The van der Waals surface area contributed by atoms with Gasteiger partial charge < -0.3 is 19.7 Å². The first kappa shape index (κ1) is 28.0. The molecule has 2 N–H and O–H groups in total. The number of rotatable bonds is 2. The molecule has 3 heterocycles. The van der Waals surface area contributed by atoms with Gasteiger partial charge in [0, 0.05) is 17.7 Å². The molecule has 0 amide bonds. The van der Waals surface area contributed by atoms with Crippen LogP contribution in [0.3, 0.4) is 0 Å². The summed E-state index contributed by atoms with van der Waals surface area (Å²) in [5.41, 5.74) is 0.179. The fourth-order valence-corrected chi connectivity index (χ4v) is 5.64. The number of carbonyl (C=O) groups is 2. The van der Waals surface area contributed by atoms with E-state index in [-0.39, 0.29) is 29.8 Å². The Morgan fingerprint density at radius 2 is 1.91 bits per heavy atom. The van der Waals surface area contributed by atoms with E-state index in [0.717, 1.165) is 35.5 Å². The van der Waals surface area contributed by atoms with Gasteiger partial charge in [0.2, 0.25) is 0 Å². The number of hydrogen-bond acceptors (Lipinski definition) is 8. The number of aromatic nitrogens is 1. The molecule has 1 unspecified atom stereocenters. The van der Waals surface area contributed by atoms with Crippen molar-refractivity contribution in [3.05, 3.63) is 21.7 Å². The number of aliphatic hydroxyl groups excluding tert-OH is 2. The quantitative estimate of drug-likeness (QED) is 0.449. The van der Waals surface area contributed by atoms with Crippen LogP contribution in [0.4, 0.5) is 0 Å². The normalized spacial score (nSPS) is 37.5. The highest BCUT2D eigenvalue weighted by atomic mass is 32.1. The molecule has 3 rings (SSSR count). The first-order valence-electron chi connectivity index (χ1n) is 12.6. The summed E-state index contributed by atoms with van der Waals surface area (Å²) < 4.78 is 11.9. The van der Waals surface area contributed by atoms with Crippen LogP contribution in [0.5, 0.6) is 0 Å². The van der Waals surface area contributed by atoms with E-state index in [4.69, 9.17) is 9.47 Å². The number of carbonyl (C=O) groups excluding carboxylic acids is 2. The van der Waals surface area contributed by atoms with Gasteiger partial charge in [-0.25, -0.2) is 4.98 Å². The van der Waals surface area contributed by atoms with Crippen molar-refractivity contribution < 1.29 is 29.3 Å². The molecule has 0 radical (unpaired) electrons. The van der Waals surface area contributed by atoms with Crippen molar-refractivity contribution in [3.8, 4) is 0 Å². The molecule has 2 aliphatic heterocycles. The zero-order chi connectivity index (χ0) is 26.1. The minimum Gasteiger partial charge on any atom is -0.458 e. The summed E-state index contributed by atoms with van der Waals surface area (Å²) in [5.74, 6) is -1.55. The van der Waals surface area contributed by atoms with E-state index in [9.17, 15) is 19.8 Å². The number of epoxide rings is 1. The van der Waals surface area contributed by atoms with E-state index in [2.05, 4.69) is 11.9 Å². The number of ether oxygens (including phenoxy) is 2. The Balaban J connectivity index is 1.85. The molecule has 8 heteroatoms. The molecule has 196 valence electrons. The summed E-state index contributed by atoms with van der Waals surface area (Å²) >= 11 is 1.56. The Labute approximate surface area is 212 Å². The van der Waals surface area contributed by atoms with Crippen LogP contribution < -0.4 is 0 Å². The first-order valence-corrected chi connectivity index (χ1v) is 13.5. The van der Waals surface area contributed by atoms with Crippen molar-refractivity contribution in [2.45, 2.75) is 111 Å². The SMILES string of the molecule is C/C(=C\c1csc(C)n1)C1C[C@@H]2O[C@]2(C)CCC[C@H](C)[C@H](O)[C@@H](C)C(=O)C(C)(C)[C@@H](O)CC(=O)O1. The lowest BCUT2D eigenvalue weighted by Crippen LogP contribution is -2.45. The topological polar surface area (TPSA) is 109 Å². The standard InChI is InChI=1S/C27H41NO6S/c1-15-9-8-10-27(7)22(34-27)12-20(16(2)11-19-14-35-18(4)28-19)33-23(30)13-21(29)26(5,6)25(32)17(3)24(15)31/h11,14-15,17,20-22,24,29,31H,8-10,12-13H2,1-7H3/b16-11+/t15-,17+,20?,21-,22-,24-,27+/m0/s1. The average molecular weight is 508 g/mol. The summed E-state index contributed by atoms with van der Waals surface area (Å²) in [6, 6.07) is 0. The number of aryl methyl sites for hydroxylation is 1. The lowest BCUT2D eigenvalue weighted by atomic mass is 9.73. The highest BCUT2D eigenvalue weighted by molar-refractivity contribution is 7.09. The number of thiazole rings is 1. The molecule has 0 saturated carbocycles. The number of ketones is 1. The molecular weight excluding hydrogens is 466 g/mol. The van der Waals surface area contributed by atoms with Crippen molar-refractivity contribution in [2.24, 2.45) is 17.3 Å². The molecule has 0 bridgehead atoms. The average Bonchev–Trinajstić information content (AvgIpc) is 3.22. The fourth-order valence-electron chi connectivity index (χ4n) is 5.07. The summed E-state index contributed by atoms with van der Waals surface area (Å²) in [5, 5.41) is 24.6. The summed E-state index contributed by atoms with van der Waals surface area (Å²) in [6.07, 6.45) is 1.98. The maximum Gasteiger partial charge on any atom is 0.309 e. The van der Waals surface area contributed by atoms with Crippen molar-refractivity contribution in [3.63, 3.8) is 0 Å². The molecule has 7 nitrogen and oxygen atoms in total. The highest BCUT2D eigenvalue weighted by Crippen LogP contribution is 2.45. The summed E-state index contributed by atoms with van der Waals surface area (Å²) in [6.45, 7) is 12.8. The van der Waals surface area contributed by atoms with E-state index in [1.54, 1.807) is 32.1 Å². The minimum atomic E-state index is -1.23. The lowest BCUT2D eigenvalue weighted by Gasteiger charge is -2.34. The molecule has 35 heavy (non-hydrogen) atoms. The zero-order valence-electron chi connectivity index (χ0n) is 22.0. The van der Waals surface area contributed by atoms with Crippen molar-refractivity contribution in [1.82, 2.24) is 4.98 Å². The number of fused-ring (bicyclic) bond motifs is 1. The Morgan fingerprint density at radius 1 is 1.23 bits per heavy atom. The van der Waals surface area contributed by atoms with Crippen molar-refractivity contribution >= 4 is 29.2 Å². The Kier molecular flexibility index (Phi) is 8.62. The van der Waals surface area contributed by atoms with E-state index in [0.29, 0.717) is 6.42 Å². The predicted octanol–water partition coefficient (Wildman–Crippen LogP) is 4.48. The molecule has 2 fully saturated rings. The van der Waals surface area contributed by atoms with Gasteiger partial charge >= 0.3 is 5.97 Å². The van der Waals surface area contributed by atoms with Crippen molar-refractivity contribution in [1.29, 1.82) is 0 Å². The molecule has 0 spiro atoms. The highest BCUT2D eigenvalue weighted by Gasteiger charge is 2.53. The first-order chi connectivity index (χ1) is 16.2. The van der Waals surface area contributed by atoms with Crippen LogP contribution in [0.25, 0.3) is 6.08 Å². The third kappa shape index (κ3) is 6.59. The largest absolute Gasteiger partial charge is 0.458 e. The van der Waals surface area contributed by atoms with Crippen LogP contribution in [0.15, 0.2) is 11.0 Å². The van der Waals surface area contributed by atoms with Gasteiger partial charge in [0.05, 0.1) is 46.5 Å². The lowest BCUT2D eigenvalue weighted by molar-refractivity contribution is -0.154. The van der Waals surface area contributed by atoms with E-state index < -0.39 is 35.6 Å². The third-order valence-electron chi connectivity index (χ3n) is 7.93. The van der Waals surface area contributed by atoms with Gasteiger partial charge in [-0.05, 0) is 51.2 Å². The van der Waals surface area contributed by atoms with E-state index >= 15 is 0 Å². The smallest absolute Gasteiger partial charge is 0.309 e. The molecule has 1 aromatic heterocycles. The Hall–Kier alpha value is -1.61. The molecule has 2 aliphatic rings. The molecular formula is C27H41NO6S. The van der Waals surface area contributed by atoms with Gasteiger partial charge in [0.25, 0.3) is 0 Å². The molecule has 0 aromatic carbocycles. The monoisotopic (exact) mass is 507 g/mol. The predicted molar refractivity (Wildman–Crippen MR) is 136 cm³/mol. The maximum absolute atomic E-state index is 13.2. The number of hydrogen-bond donors (Lipinski definition) is 2. The number of cyclic esters (lactones) is 1. The fraction of sp³-hybridized carbons (Fsp3) is 0.741. The Morgan fingerprint density at radius 3 is 2.54 bits per heavy atom. The van der Waals surface area contributed by atoms with Crippen LogP contribution in [0, 0.1) is 24.2 Å². The van der Waals surface area contributed by atoms with Gasteiger partial charge in [-0.2, -0.15) is 0 Å². The van der Waals surface area contributed by atoms with Crippen LogP contribution in [0.1, 0.15) is 84.3 Å². The number of esters is 1. The molecule has 1 aromatic rings. The van der Waals surface area contributed by atoms with Crippen LogP contribution in [-0.2, 0) is 19.1 Å². The van der Waals surface area contributed by atoms with Crippen LogP contribution in [0.2, 0.25) is 0 Å². The second kappa shape index (κ2) is 10.8. The summed E-state index contributed by atoms with van der Waals surface area (Å²) in [4.78, 5) is 30.6. The van der Waals surface area contributed by atoms with Crippen molar-refractivity contribution in [2.75, 3.05) is 0 Å². The zero-order valence-corrected chi connectivity index (χ0v) is 22.9. The van der Waals surface area contributed by atoms with Gasteiger partial charge in [-0.15, -0.1) is 11.3 Å². The van der Waals surface area contributed by atoms with E-state index in [1.807, 2.05) is 32.2 Å². The van der Waals surface area contributed by atoms with E-state index in [1.165, 1.54) is 0 Å². The minimum absolute atomic E-state index is 0.0455. The number of aliphatic hydroxyl groups is 2. The van der Waals surface area contributed by atoms with Crippen LogP contribution in [-0.4, -0.2) is 57.0 Å².